The molecule has 1 amide bonds. The zero-order chi connectivity index (χ0) is 16.9. The summed E-state index contributed by atoms with van der Waals surface area (Å²) < 4.78 is 10.7. The summed E-state index contributed by atoms with van der Waals surface area (Å²) in [6, 6.07) is 8.53. The van der Waals surface area contributed by atoms with Crippen LogP contribution in [0.5, 0.6) is 5.75 Å². The molecular weight excluding hydrogens is 292 g/mol. The fourth-order valence-electron chi connectivity index (χ4n) is 2.77. The van der Waals surface area contributed by atoms with Crippen LogP contribution in [-0.4, -0.2) is 30.4 Å². The van der Waals surface area contributed by atoms with E-state index in [0.717, 1.165) is 30.7 Å². The Hall–Kier alpha value is -1.91. The van der Waals surface area contributed by atoms with Crippen molar-refractivity contribution in [3.05, 3.63) is 24.3 Å². The lowest BCUT2D eigenvalue weighted by molar-refractivity contribution is 0.0505. The number of benzene rings is 1. The zero-order valence-electron chi connectivity index (χ0n) is 14.5. The van der Waals surface area contributed by atoms with Crippen LogP contribution in [-0.2, 0) is 4.74 Å². The highest BCUT2D eigenvalue weighted by Crippen LogP contribution is 2.24. The zero-order valence-corrected chi connectivity index (χ0v) is 14.5. The molecule has 23 heavy (non-hydrogen) atoms. The topological polar surface area (TPSA) is 59.6 Å². The van der Waals surface area contributed by atoms with Crippen LogP contribution < -0.4 is 15.4 Å². The smallest absolute Gasteiger partial charge is 0.407 e. The molecule has 1 aliphatic carbocycles. The highest BCUT2D eigenvalue weighted by atomic mass is 16.6. The van der Waals surface area contributed by atoms with E-state index in [1.807, 2.05) is 52.0 Å². The molecule has 1 fully saturated rings. The molecule has 2 rings (SSSR count). The molecule has 1 aliphatic rings. The van der Waals surface area contributed by atoms with E-state index >= 15 is 0 Å². The molecule has 1 aromatic carbocycles. The lowest BCUT2D eigenvalue weighted by Crippen LogP contribution is -2.38. The maximum Gasteiger partial charge on any atom is 0.407 e. The number of hydrogen-bond donors (Lipinski definition) is 2. The summed E-state index contributed by atoms with van der Waals surface area (Å²) in [6.45, 7) is 8.27. The van der Waals surface area contributed by atoms with E-state index < -0.39 is 5.60 Å². The molecule has 0 aliphatic heterocycles. The normalized spacial score (nSPS) is 20.9. The third kappa shape index (κ3) is 6.00. The largest absolute Gasteiger partial charge is 0.494 e. The van der Waals surface area contributed by atoms with E-state index in [9.17, 15) is 4.79 Å². The molecule has 5 heteroatoms. The van der Waals surface area contributed by atoms with Gasteiger partial charge in [-0.15, -0.1) is 0 Å². The van der Waals surface area contributed by atoms with Crippen molar-refractivity contribution in [1.29, 1.82) is 0 Å². The summed E-state index contributed by atoms with van der Waals surface area (Å²) >= 11 is 0. The van der Waals surface area contributed by atoms with Gasteiger partial charge in [0.2, 0.25) is 0 Å². The minimum absolute atomic E-state index is 0.171. The fraction of sp³-hybridized carbons (Fsp3) is 0.611. The van der Waals surface area contributed by atoms with E-state index in [2.05, 4.69) is 10.6 Å². The predicted octanol–water partition coefficient (Wildman–Crippen LogP) is 3.94. The van der Waals surface area contributed by atoms with Gasteiger partial charge in [0.15, 0.2) is 0 Å². The second kappa shape index (κ2) is 7.57. The summed E-state index contributed by atoms with van der Waals surface area (Å²) in [5, 5.41) is 6.47. The van der Waals surface area contributed by atoms with Crippen LogP contribution in [0.2, 0.25) is 0 Å². The maximum atomic E-state index is 11.8. The Kier molecular flexibility index (Phi) is 5.74. The molecule has 0 spiro atoms. The number of amides is 1. The van der Waals surface area contributed by atoms with Crippen LogP contribution in [0.1, 0.15) is 47.0 Å². The number of ether oxygens (including phenoxy) is 2. The molecule has 0 radical (unpaired) electrons. The van der Waals surface area contributed by atoms with Crippen LogP contribution in [0.15, 0.2) is 24.3 Å². The van der Waals surface area contributed by atoms with Gasteiger partial charge in [0.25, 0.3) is 0 Å². The van der Waals surface area contributed by atoms with Gasteiger partial charge < -0.3 is 20.1 Å². The van der Waals surface area contributed by atoms with Crippen molar-refractivity contribution in [3.8, 4) is 5.75 Å². The van der Waals surface area contributed by atoms with Crippen molar-refractivity contribution < 1.29 is 14.3 Å². The summed E-state index contributed by atoms with van der Waals surface area (Å²) in [5.74, 6) is 0.883. The molecule has 0 aromatic heterocycles. The number of alkyl carbamates (subject to hydrolysis) is 1. The number of nitrogens with one attached hydrogen (secondary N) is 2. The average Bonchev–Trinajstić information content (AvgIpc) is 2.86. The molecule has 1 aromatic rings. The molecular formula is C18H28N2O3. The molecule has 5 nitrogen and oxygen atoms in total. The number of carbonyl (C=O) groups is 1. The molecule has 1 saturated carbocycles. The van der Waals surface area contributed by atoms with Crippen molar-refractivity contribution in [2.24, 2.45) is 0 Å². The number of hydrogen-bond acceptors (Lipinski definition) is 4. The molecule has 0 bridgehead atoms. The first-order valence-corrected chi connectivity index (χ1v) is 8.34. The summed E-state index contributed by atoms with van der Waals surface area (Å²) in [6.07, 6.45) is 2.58. The monoisotopic (exact) mass is 320 g/mol. The van der Waals surface area contributed by atoms with Gasteiger partial charge in [0, 0.05) is 17.8 Å². The molecule has 2 unspecified atom stereocenters. The van der Waals surface area contributed by atoms with E-state index in [4.69, 9.17) is 9.47 Å². The van der Waals surface area contributed by atoms with Crippen LogP contribution in [0, 0.1) is 0 Å². The minimum atomic E-state index is -0.456. The Balaban J connectivity index is 1.77. The van der Waals surface area contributed by atoms with E-state index in [1.165, 1.54) is 0 Å². The average molecular weight is 320 g/mol. The number of carbonyl (C=O) groups excluding carboxylic acids is 1. The second-order valence-electron chi connectivity index (χ2n) is 6.95. The van der Waals surface area contributed by atoms with Crippen molar-refractivity contribution in [3.63, 3.8) is 0 Å². The van der Waals surface area contributed by atoms with Gasteiger partial charge in [0.05, 0.1) is 6.61 Å². The van der Waals surface area contributed by atoms with Gasteiger partial charge in [-0.2, -0.15) is 0 Å². The Labute approximate surface area is 138 Å². The second-order valence-corrected chi connectivity index (χ2v) is 6.95. The SMILES string of the molecule is CCOc1ccc(NC2CCC(NC(=O)OC(C)(C)C)C2)cc1. The van der Waals surface area contributed by atoms with Crippen molar-refractivity contribution >= 4 is 11.8 Å². The Morgan fingerprint density at radius 1 is 1.17 bits per heavy atom. The summed E-state index contributed by atoms with van der Waals surface area (Å²) in [5.41, 5.74) is 0.624. The fourth-order valence-corrected chi connectivity index (χ4v) is 2.77. The maximum absolute atomic E-state index is 11.8. The molecule has 2 N–H and O–H groups in total. The minimum Gasteiger partial charge on any atom is -0.494 e. The van der Waals surface area contributed by atoms with E-state index in [1.54, 1.807) is 0 Å². The first-order chi connectivity index (χ1) is 10.9. The van der Waals surface area contributed by atoms with Crippen molar-refractivity contribution in [2.45, 2.75) is 64.6 Å². The highest BCUT2D eigenvalue weighted by Gasteiger charge is 2.27. The van der Waals surface area contributed by atoms with E-state index in [0.29, 0.717) is 12.6 Å². The van der Waals surface area contributed by atoms with Crippen LogP contribution in [0.25, 0.3) is 0 Å². The van der Waals surface area contributed by atoms with Gasteiger partial charge in [0.1, 0.15) is 11.4 Å². The summed E-state index contributed by atoms with van der Waals surface area (Å²) in [7, 11) is 0. The highest BCUT2D eigenvalue weighted by molar-refractivity contribution is 5.68. The Morgan fingerprint density at radius 3 is 2.43 bits per heavy atom. The third-order valence-corrected chi connectivity index (χ3v) is 3.69. The van der Waals surface area contributed by atoms with Gasteiger partial charge in [-0.1, -0.05) is 0 Å². The first kappa shape index (κ1) is 17.4. The number of rotatable bonds is 5. The quantitative estimate of drug-likeness (QED) is 0.862. The molecule has 2 atom stereocenters. The lowest BCUT2D eigenvalue weighted by atomic mass is 10.2. The van der Waals surface area contributed by atoms with Gasteiger partial charge in [-0.05, 0) is 71.2 Å². The van der Waals surface area contributed by atoms with Crippen LogP contribution in [0.4, 0.5) is 10.5 Å². The number of anilines is 1. The standard InChI is InChI=1S/C18H28N2O3/c1-5-22-16-10-8-13(9-11-16)19-14-6-7-15(12-14)20-17(21)23-18(2,3)4/h8-11,14-15,19H,5-7,12H2,1-4H3,(H,20,21). The Morgan fingerprint density at radius 2 is 1.83 bits per heavy atom. The Bertz CT molecular complexity index is 508. The third-order valence-electron chi connectivity index (χ3n) is 3.69. The molecule has 128 valence electrons. The first-order valence-electron chi connectivity index (χ1n) is 8.34. The lowest BCUT2D eigenvalue weighted by Gasteiger charge is -2.22. The van der Waals surface area contributed by atoms with Gasteiger partial charge in [-0.25, -0.2) is 4.79 Å². The summed E-state index contributed by atoms with van der Waals surface area (Å²) in [4.78, 5) is 11.8. The molecule has 0 saturated heterocycles. The van der Waals surface area contributed by atoms with Crippen LogP contribution in [0.3, 0.4) is 0 Å². The van der Waals surface area contributed by atoms with Gasteiger partial charge >= 0.3 is 6.09 Å². The predicted molar refractivity (Wildman–Crippen MR) is 92.0 cm³/mol. The molecule has 0 heterocycles. The van der Waals surface area contributed by atoms with E-state index in [-0.39, 0.29) is 12.1 Å². The van der Waals surface area contributed by atoms with Crippen molar-refractivity contribution in [2.75, 3.05) is 11.9 Å². The van der Waals surface area contributed by atoms with Crippen molar-refractivity contribution in [1.82, 2.24) is 5.32 Å². The van der Waals surface area contributed by atoms with Crippen LogP contribution >= 0.6 is 0 Å². The van der Waals surface area contributed by atoms with Gasteiger partial charge in [-0.3, -0.25) is 0 Å².